The summed E-state index contributed by atoms with van der Waals surface area (Å²) in [6, 6.07) is 10.2. The number of hydrogen-bond donors (Lipinski definition) is 1. The molecule has 2 aliphatic carbocycles. The second kappa shape index (κ2) is 5.28. The third kappa shape index (κ3) is 3.20. The molecule has 0 amide bonds. The molecule has 1 nitrogen and oxygen atoms in total. The predicted octanol–water partition coefficient (Wildman–Crippen LogP) is 4.27. The summed E-state index contributed by atoms with van der Waals surface area (Å²) in [6.07, 6.45) is 8.33. The molecule has 0 atom stereocenters. The standard InChI is InChI=1S/C18H27N/c1-14(2)16-6-4-15(5-7-16)12-18(10-3-11-18)13-19-17-8-9-17/h4-7,14,17,19H,3,8-13H2,1-2H3. The summed E-state index contributed by atoms with van der Waals surface area (Å²) in [4.78, 5) is 0. The van der Waals surface area contributed by atoms with Crippen LogP contribution in [0.15, 0.2) is 24.3 Å². The number of rotatable bonds is 6. The van der Waals surface area contributed by atoms with Gasteiger partial charge in [0, 0.05) is 12.6 Å². The monoisotopic (exact) mass is 257 g/mol. The summed E-state index contributed by atoms with van der Waals surface area (Å²) in [5.74, 6) is 0.642. The first-order valence-electron chi connectivity index (χ1n) is 7.99. The van der Waals surface area contributed by atoms with Crippen molar-refractivity contribution in [3.8, 4) is 0 Å². The summed E-state index contributed by atoms with van der Waals surface area (Å²) >= 11 is 0. The highest BCUT2D eigenvalue weighted by Gasteiger charge is 2.38. The maximum Gasteiger partial charge on any atom is 0.00684 e. The highest BCUT2D eigenvalue weighted by Crippen LogP contribution is 2.43. The van der Waals surface area contributed by atoms with Gasteiger partial charge in [-0.15, -0.1) is 0 Å². The van der Waals surface area contributed by atoms with E-state index in [0.717, 1.165) is 6.04 Å². The van der Waals surface area contributed by atoms with E-state index in [4.69, 9.17) is 0 Å². The Morgan fingerprint density at radius 1 is 1.16 bits per heavy atom. The molecule has 1 aromatic carbocycles. The molecule has 19 heavy (non-hydrogen) atoms. The third-order valence-corrected chi connectivity index (χ3v) is 4.98. The van der Waals surface area contributed by atoms with Crippen molar-refractivity contribution in [1.82, 2.24) is 5.32 Å². The Kier molecular flexibility index (Phi) is 3.66. The number of benzene rings is 1. The zero-order chi connectivity index (χ0) is 13.3. The van der Waals surface area contributed by atoms with Crippen molar-refractivity contribution >= 4 is 0 Å². The van der Waals surface area contributed by atoms with Gasteiger partial charge in [-0.2, -0.15) is 0 Å². The van der Waals surface area contributed by atoms with Crippen molar-refractivity contribution < 1.29 is 0 Å². The third-order valence-electron chi connectivity index (χ3n) is 4.98. The first-order valence-corrected chi connectivity index (χ1v) is 7.99. The summed E-state index contributed by atoms with van der Waals surface area (Å²) < 4.78 is 0. The van der Waals surface area contributed by atoms with E-state index in [1.807, 2.05) is 0 Å². The summed E-state index contributed by atoms with van der Waals surface area (Å²) in [6.45, 7) is 5.77. The van der Waals surface area contributed by atoms with E-state index in [-0.39, 0.29) is 0 Å². The van der Waals surface area contributed by atoms with Crippen molar-refractivity contribution in [2.75, 3.05) is 6.54 Å². The lowest BCUT2D eigenvalue weighted by Gasteiger charge is -2.42. The first-order chi connectivity index (χ1) is 9.17. The van der Waals surface area contributed by atoms with Crippen LogP contribution >= 0.6 is 0 Å². The van der Waals surface area contributed by atoms with E-state index in [2.05, 4.69) is 43.4 Å². The van der Waals surface area contributed by atoms with Crippen LogP contribution in [0.4, 0.5) is 0 Å². The van der Waals surface area contributed by atoms with Crippen molar-refractivity contribution in [3.05, 3.63) is 35.4 Å². The van der Waals surface area contributed by atoms with Gasteiger partial charge in [-0.1, -0.05) is 44.5 Å². The second-order valence-electron chi connectivity index (χ2n) is 7.08. The largest absolute Gasteiger partial charge is 0.313 e. The van der Waals surface area contributed by atoms with Crippen molar-refractivity contribution in [2.24, 2.45) is 5.41 Å². The van der Waals surface area contributed by atoms with Gasteiger partial charge in [0.2, 0.25) is 0 Å². The lowest BCUT2D eigenvalue weighted by atomic mass is 9.65. The maximum absolute atomic E-state index is 3.75. The van der Waals surface area contributed by atoms with Gasteiger partial charge in [0.1, 0.15) is 0 Å². The van der Waals surface area contributed by atoms with Crippen LogP contribution in [0.1, 0.15) is 63.0 Å². The van der Waals surface area contributed by atoms with Gasteiger partial charge < -0.3 is 5.32 Å². The average Bonchev–Trinajstić information content (AvgIpc) is 3.17. The Bertz CT molecular complexity index is 410. The van der Waals surface area contributed by atoms with Crippen molar-refractivity contribution in [1.29, 1.82) is 0 Å². The molecular formula is C18H27N. The van der Waals surface area contributed by atoms with Gasteiger partial charge in [-0.05, 0) is 54.6 Å². The van der Waals surface area contributed by atoms with Crippen LogP contribution in [0.3, 0.4) is 0 Å². The molecule has 3 rings (SSSR count). The maximum atomic E-state index is 3.75. The SMILES string of the molecule is CC(C)c1ccc(CC2(CNC3CC3)CCC2)cc1. The van der Waals surface area contributed by atoms with Crippen molar-refractivity contribution in [2.45, 2.75) is 64.3 Å². The normalized spacial score (nSPS) is 21.4. The molecule has 2 aliphatic rings. The Morgan fingerprint density at radius 2 is 1.84 bits per heavy atom. The Labute approximate surface area is 117 Å². The molecule has 2 fully saturated rings. The van der Waals surface area contributed by atoms with Gasteiger partial charge in [-0.3, -0.25) is 0 Å². The molecule has 1 aromatic rings. The van der Waals surface area contributed by atoms with E-state index in [9.17, 15) is 0 Å². The zero-order valence-corrected chi connectivity index (χ0v) is 12.4. The highest BCUT2D eigenvalue weighted by atomic mass is 15.0. The number of nitrogens with one attached hydrogen (secondary N) is 1. The predicted molar refractivity (Wildman–Crippen MR) is 81.5 cm³/mol. The van der Waals surface area contributed by atoms with E-state index in [1.54, 1.807) is 0 Å². The minimum Gasteiger partial charge on any atom is -0.313 e. The van der Waals surface area contributed by atoms with Gasteiger partial charge in [0.05, 0.1) is 0 Å². The van der Waals surface area contributed by atoms with Gasteiger partial charge in [0.15, 0.2) is 0 Å². The van der Waals surface area contributed by atoms with Gasteiger partial charge >= 0.3 is 0 Å². The summed E-state index contributed by atoms with van der Waals surface area (Å²) in [5.41, 5.74) is 3.56. The number of hydrogen-bond acceptors (Lipinski definition) is 1. The summed E-state index contributed by atoms with van der Waals surface area (Å²) in [7, 11) is 0. The molecule has 0 saturated heterocycles. The smallest absolute Gasteiger partial charge is 0.00684 e. The molecule has 1 heteroatoms. The first kappa shape index (κ1) is 13.2. The van der Waals surface area contributed by atoms with Gasteiger partial charge in [0.25, 0.3) is 0 Å². The molecule has 0 bridgehead atoms. The van der Waals surface area contributed by atoms with Crippen LogP contribution in [0, 0.1) is 5.41 Å². The van der Waals surface area contributed by atoms with Gasteiger partial charge in [-0.25, -0.2) is 0 Å². The quantitative estimate of drug-likeness (QED) is 0.802. The lowest BCUT2D eigenvalue weighted by Crippen LogP contribution is -2.42. The van der Waals surface area contributed by atoms with E-state index in [0.29, 0.717) is 11.3 Å². The molecule has 0 aliphatic heterocycles. The van der Waals surface area contributed by atoms with Crippen LogP contribution < -0.4 is 5.32 Å². The fraction of sp³-hybridized carbons (Fsp3) is 0.667. The molecule has 104 valence electrons. The van der Waals surface area contributed by atoms with Crippen molar-refractivity contribution in [3.63, 3.8) is 0 Å². The van der Waals surface area contributed by atoms with Crippen LogP contribution in [-0.2, 0) is 6.42 Å². The van der Waals surface area contributed by atoms with Crippen LogP contribution in [0.5, 0.6) is 0 Å². The molecule has 0 spiro atoms. The molecule has 1 N–H and O–H groups in total. The molecule has 0 aromatic heterocycles. The van der Waals surface area contributed by atoms with Crippen LogP contribution in [0.2, 0.25) is 0 Å². The van der Waals surface area contributed by atoms with E-state index in [1.165, 1.54) is 56.2 Å². The van der Waals surface area contributed by atoms with E-state index >= 15 is 0 Å². The second-order valence-corrected chi connectivity index (χ2v) is 7.08. The van der Waals surface area contributed by atoms with Crippen LogP contribution in [0.25, 0.3) is 0 Å². The fourth-order valence-corrected chi connectivity index (χ4v) is 3.19. The summed E-state index contributed by atoms with van der Waals surface area (Å²) in [5, 5.41) is 3.75. The van der Waals surface area contributed by atoms with E-state index < -0.39 is 0 Å². The molecule has 0 heterocycles. The topological polar surface area (TPSA) is 12.0 Å². The Morgan fingerprint density at radius 3 is 2.32 bits per heavy atom. The minimum absolute atomic E-state index is 0.571. The highest BCUT2D eigenvalue weighted by molar-refractivity contribution is 5.26. The molecule has 0 radical (unpaired) electrons. The Hall–Kier alpha value is -0.820. The van der Waals surface area contributed by atoms with Crippen LogP contribution in [-0.4, -0.2) is 12.6 Å². The average molecular weight is 257 g/mol. The Balaban J connectivity index is 1.61. The lowest BCUT2D eigenvalue weighted by molar-refractivity contribution is 0.129. The minimum atomic E-state index is 0.571. The zero-order valence-electron chi connectivity index (χ0n) is 12.4. The molecular weight excluding hydrogens is 230 g/mol. The molecule has 0 unspecified atom stereocenters. The fourth-order valence-electron chi connectivity index (χ4n) is 3.19. The molecule has 2 saturated carbocycles.